The predicted octanol–water partition coefficient (Wildman–Crippen LogP) is 0.309. The Hall–Kier alpha value is -0.170. The lowest BCUT2D eigenvalue weighted by Crippen LogP contribution is -2.63. The average Bonchev–Trinajstić information content (AvgIpc) is 2.47. The Labute approximate surface area is 123 Å². The first-order valence-electron chi connectivity index (χ1n) is 7.82. The van der Waals surface area contributed by atoms with E-state index in [1.165, 1.54) is 6.42 Å². The zero-order valence-corrected chi connectivity index (χ0v) is 13.7. The van der Waals surface area contributed by atoms with Crippen LogP contribution in [-0.4, -0.2) is 74.0 Å². The van der Waals surface area contributed by atoms with Gasteiger partial charge in [0.25, 0.3) is 0 Å². The number of hydrogen-bond donors (Lipinski definition) is 1. The van der Waals surface area contributed by atoms with Crippen LogP contribution in [0.3, 0.4) is 0 Å². The third kappa shape index (κ3) is 3.35. The summed E-state index contributed by atoms with van der Waals surface area (Å²) in [5.74, 6) is 0.603. The lowest BCUT2D eigenvalue weighted by atomic mass is 9.89. The van der Waals surface area contributed by atoms with Gasteiger partial charge in [0.2, 0.25) is 0 Å². The van der Waals surface area contributed by atoms with Crippen molar-refractivity contribution in [2.24, 2.45) is 5.73 Å². The Morgan fingerprint density at radius 3 is 2.15 bits per heavy atom. The predicted molar refractivity (Wildman–Crippen MR) is 82.6 cm³/mol. The van der Waals surface area contributed by atoms with Gasteiger partial charge in [0.1, 0.15) is 9.84 Å². The zero-order valence-electron chi connectivity index (χ0n) is 12.8. The second-order valence-electron chi connectivity index (χ2n) is 6.36. The Bertz CT molecular complexity index is 402. The number of sulfone groups is 1. The van der Waals surface area contributed by atoms with E-state index < -0.39 is 9.84 Å². The summed E-state index contributed by atoms with van der Waals surface area (Å²) in [6, 6.07) is 0.637. The van der Waals surface area contributed by atoms with Gasteiger partial charge in [-0.15, -0.1) is 0 Å². The summed E-state index contributed by atoms with van der Waals surface area (Å²) in [4.78, 5) is 4.99. The number of nitrogens with zero attached hydrogens (tertiary/aromatic N) is 2. The fourth-order valence-corrected chi connectivity index (χ4v) is 5.05. The van der Waals surface area contributed by atoms with Crippen LogP contribution in [0.5, 0.6) is 0 Å². The van der Waals surface area contributed by atoms with Gasteiger partial charge in [0, 0.05) is 44.3 Å². The Balaban J connectivity index is 1.97. The van der Waals surface area contributed by atoms with E-state index in [4.69, 9.17) is 5.73 Å². The van der Waals surface area contributed by atoms with Crippen LogP contribution in [0.25, 0.3) is 0 Å². The van der Waals surface area contributed by atoms with Gasteiger partial charge >= 0.3 is 0 Å². The molecule has 2 N–H and O–H groups in total. The van der Waals surface area contributed by atoms with Crippen molar-refractivity contribution in [2.45, 2.75) is 44.7 Å². The fraction of sp³-hybridized carbons (Fsp3) is 1.00. The molecule has 20 heavy (non-hydrogen) atoms. The highest BCUT2D eigenvalue weighted by Gasteiger charge is 2.42. The Kier molecular flexibility index (Phi) is 5.10. The molecule has 2 fully saturated rings. The van der Waals surface area contributed by atoms with Gasteiger partial charge in [-0.05, 0) is 26.2 Å². The molecule has 0 aromatic carbocycles. The molecule has 0 amide bonds. The molecule has 2 heterocycles. The number of rotatable bonds is 4. The fourth-order valence-electron chi connectivity index (χ4n) is 3.46. The molecule has 0 aromatic rings. The molecule has 0 bridgehead atoms. The number of piperazine rings is 1. The van der Waals surface area contributed by atoms with Gasteiger partial charge < -0.3 is 5.73 Å². The molecule has 0 spiro atoms. The summed E-state index contributed by atoms with van der Waals surface area (Å²) in [6.07, 6.45) is 2.59. The largest absolute Gasteiger partial charge is 0.329 e. The molecular formula is C14H29N3O2S. The molecular weight excluding hydrogens is 274 g/mol. The summed E-state index contributed by atoms with van der Waals surface area (Å²) in [5.41, 5.74) is 5.95. The minimum atomic E-state index is -2.82. The number of nitrogens with two attached hydrogens (primary N) is 1. The monoisotopic (exact) mass is 303 g/mol. The third-order valence-corrected chi connectivity index (χ3v) is 6.99. The summed E-state index contributed by atoms with van der Waals surface area (Å²) in [5, 5.41) is 0. The van der Waals surface area contributed by atoms with Crippen LogP contribution < -0.4 is 5.73 Å². The highest BCUT2D eigenvalue weighted by atomic mass is 32.2. The van der Waals surface area contributed by atoms with Crippen molar-refractivity contribution in [3.8, 4) is 0 Å². The van der Waals surface area contributed by atoms with Gasteiger partial charge in [0.15, 0.2) is 0 Å². The van der Waals surface area contributed by atoms with Crippen LogP contribution in [0.15, 0.2) is 0 Å². The van der Waals surface area contributed by atoms with E-state index in [9.17, 15) is 8.42 Å². The van der Waals surface area contributed by atoms with E-state index in [-0.39, 0.29) is 5.54 Å². The minimum absolute atomic E-state index is 0.0765. The minimum Gasteiger partial charge on any atom is -0.329 e. The summed E-state index contributed by atoms with van der Waals surface area (Å²) in [6.45, 7) is 9.26. The van der Waals surface area contributed by atoms with Crippen LogP contribution in [-0.2, 0) is 9.84 Å². The highest BCUT2D eigenvalue weighted by molar-refractivity contribution is 7.91. The smallest absolute Gasteiger partial charge is 0.150 e. The molecule has 2 saturated heterocycles. The quantitative estimate of drug-likeness (QED) is 0.809. The van der Waals surface area contributed by atoms with Crippen molar-refractivity contribution in [2.75, 3.05) is 44.2 Å². The maximum Gasteiger partial charge on any atom is 0.150 e. The molecule has 2 aliphatic heterocycles. The van der Waals surface area contributed by atoms with Crippen LogP contribution in [0.4, 0.5) is 0 Å². The van der Waals surface area contributed by atoms with Crippen molar-refractivity contribution in [1.29, 1.82) is 0 Å². The maximum absolute atomic E-state index is 11.6. The molecule has 2 rings (SSSR count). The molecule has 1 atom stereocenters. The van der Waals surface area contributed by atoms with E-state index in [1.807, 2.05) is 0 Å². The van der Waals surface area contributed by atoms with Crippen LogP contribution in [0.1, 0.15) is 33.1 Å². The first-order valence-corrected chi connectivity index (χ1v) is 9.64. The molecule has 0 saturated carbocycles. The van der Waals surface area contributed by atoms with Gasteiger partial charge in [-0.25, -0.2) is 8.42 Å². The molecule has 1 unspecified atom stereocenters. The van der Waals surface area contributed by atoms with E-state index in [0.29, 0.717) is 36.9 Å². The molecule has 0 radical (unpaired) electrons. The topological polar surface area (TPSA) is 66.6 Å². The van der Waals surface area contributed by atoms with Crippen molar-refractivity contribution >= 4 is 9.84 Å². The SMILES string of the molecule is CCC(C)N1CCN(C2(CN)CCS(=O)(=O)CC2)CC1. The standard InChI is InChI=1S/C14H29N3O2S/c1-3-13(2)16-6-8-17(9-7-16)14(12-15)4-10-20(18,19)11-5-14/h13H,3-12,15H2,1-2H3. The summed E-state index contributed by atoms with van der Waals surface area (Å²) >= 11 is 0. The first kappa shape index (κ1) is 16.2. The average molecular weight is 303 g/mol. The molecule has 0 aliphatic carbocycles. The number of hydrogen-bond acceptors (Lipinski definition) is 5. The van der Waals surface area contributed by atoms with Crippen LogP contribution in [0, 0.1) is 0 Å². The van der Waals surface area contributed by atoms with Crippen LogP contribution >= 0.6 is 0 Å². The maximum atomic E-state index is 11.6. The molecule has 6 heteroatoms. The van der Waals surface area contributed by atoms with Gasteiger partial charge in [0.05, 0.1) is 11.5 Å². The van der Waals surface area contributed by atoms with E-state index in [1.54, 1.807) is 0 Å². The van der Waals surface area contributed by atoms with Gasteiger partial charge in [-0.2, -0.15) is 0 Å². The second-order valence-corrected chi connectivity index (χ2v) is 8.66. The van der Waals surface area contributed by atoms with Crippen molar-refractivity contribution in [3.05, 3.63) is 0 Å². The van der Waals surface area contributed by atoms with Crippen molar-refractivity contribution in [1.82, 2.24) is 9.80 Å². The normalized spacial score (nSPS) is 29.1. The van der Waals surface area contributed by atoms with E-state index in [0.717, 1.165) is 26.2 Å². The first-order chi connectivity index (χ1) is 9.42. The van der Waals surface area contributed by atoms with Crippen LogP contribution in [0.2, 0.25) is 0 Å². The zero-order chi connectivity index (χ0) is 14.8. The molecule has 118 valence electrons. The molecule has 0 aromatic heterocycles. The highest BCUT2D eigenvalue weighted by Crippen LogP contribution is 2.30. The molecule has 5 nitrogen and oxygen atoms in total. The summed E-state index contributed by atoms with van der Waals surface area (Å²) in [7, 11) is -2.82. The van der Waals surface area contributed by atoms with Gasteiger partial charge in [-0.1, -0.05) is 6.92 Å². The van der Waals surface area contributed by atoms with E-state index >= 15 is 0 Å². The summed E-state index contributed by atoms with van der Waals surface area (Å²) < 4.78 is 23.3. The second kappa shape index (κ2) is 6.30. The third-order valence-electron chi connectivity index (χ3n) is 5.34. The van der Waals surface area contributed by atoms with Gasteiger partial charge in [-0.3, -0.25) is 9.80 Å². The molecule has 2 aliphatic rings. The Morgan fingerprint density at radius 1 is 1.15 bits per heavy atom. The van der Waals surface area contributed by atoms with Crippen molar-refractivity contribution < 1.29 is 8.42 Å². The van der Waals surface area contributed by atoms with Crippen molar-refractivity contribution in [3.63, 3.8) is 0 Å². The Morgan fingerprint density at radius 2 is 1.70 bits per heavy atom. The lowest BCUT2D eigenvalue weighted by Gasteiger charge is -2.50. The van der Waals surface area contributed by atoms with E-state index in [2.05, 4.69) is 23.6 Å². The lowest BCUT2D eigenvalue weighted by molar-refractivity contribution is 0.0172.